The summed E-state index contributed by atoms with van der Waals surface area (Å²) in [6, 6.07) is 6.21. The average molecular weight is 274 g/mol. The van der Waals surface area contributed by atoms with Crippen LogP contribution in [0, 0.1) is 28.4 Å². The van der Waals surface area contributed by atoms with E-state index in [9.17, 15) is 14.9 Å². The van der Waals surface area contributed by atoms with Crippen LogP contribution in [0.2, 0.25) is 0 Å². The Morgan fingerprint density at radius 2 is 2.15 bits per heavy atom. The molecule has 0 aliphatic heterocycles. The van der Waals surface area contributed by atoms with Gasteiger partial charge in [0.2, 0.25) is 0 Å². The van der Waals surface area contributed by atoms with Crippen molar-refractivity contribution in [1.82, 2.24) is 0 Å². The zero-order valence-corrected chi connectivity index (χ0v) is 11.4. The van der Waals surface area contributed by atoms with Gasteiger partial charge >= 0.3 is 5.97 Å². The lowest BCUT2D eigenvalue weighted by Crippen LogP contribution is -2.12. The standard InChI is InChI=1S/C14H14N2O4/c1-9(2)20-14(17)12(8-15)6-11-5-4-10(3)13(7-11)16(18)19/h4-7,9H,1-3H3/b12-6+. The number of nitriles is 1. The molecular weight excluding hydrogens is 260 g/mol. The SMILES string of the molecule is Cc1ccc(/C=C(\C#N)C(=O)OC(C)C)cc1[N+](=O)[O-]. The Morgan fingerprint density at radius 1 is 1.50 bits per heavy atom. The highest BCUT2D eigenvalue weighted by atomic mass is 16.6. The Bertz CT molecular complexity index is 612. The number of nitro benzene ring substituents is 1. The van der Waals surface area contributed by atoms with Crippen LogP contribution in [0.1, 0.15) is 25.0 Å². The maximum Gasteiger partial charge on any atom is 0.349 e. The van der Waals surface area contributed by atoms with E-state index >= 15 is 0 Å². The van der Waals surface area contributed by atoms with Crippen molar-refractivity contribution in [1.29, 1.82) is 5.26 Å². The van der Waals surface area contributed by atoms with Crippen molar-refractivity contribution in [2.75, 3.05) is 0 Å². The van der Waals surface area contributed by atoms with Gasteiger partial charge in [0.1, 0.15) is 11.6 Å². The molecule has 0 saturated heterocycles. The number of aryl methyl sites for hydroxylation is 1. The van der Waals surface area contributed by atoms with E-state index in [1.165, 1.54) is 12.1 Å². The average Bonchev–Trinajstić information content (AvgIpc) is 2.36. The molecule has 0 heterocycles. The van der Waals surface area contributed by atoms with E-state index in [1.807, 2.05) is 0 Å². The van der Waals surface area contributed by atoms with Crippen molar-refractivity contribution in [3.05, 3.63) is 45.0 Å². The van der Waals surface area contributed by atoms with Crippen molar-refractivity contribution >= 4 is 17.7 Å². The molecule has 0 aromatic heterocycles. The Labute approximate surface area is 116 Å². The predicted octanol–water partition coefficient (Wildman–Crippen LogP) is 2.76. The fourth-order valence-electron chi connectivity index (χ4n) is 1.49. The van der Waals surface area contributed by atoms with Crippen LogP contribution in [0.3, 0.4) is 0 Å². The van der Waals surface area contributed by atoms with Crippen LogP contribution in [0.5, 0.6) is 0 Å². The number of hydrogen-bond acceptors (Lipinski definition) is 5. The minimum absolute atomic E-state index is 0.0618. The van der Waals surface area contributed by atoms with Crippen molar-refractivity contribution in [2.24, 2.45) is 0 Å². The molecule has 0 atom stereocenters. The molecule has 0 radical (unpaired) electrons. The van der Waals surface area contributed by atoms with E-state index in [4.69, 9.17) is 10.00 Å². The maximum atomic E-state index is 11.6. The summed E-state index contributed by atoms with van der Waals surface area (Å²) in [6.45, 7) is 4.96. The fourth-order valence-corrected chi connectivity index (χ4v) is 1.49. The lowest BCUT2D eigenvalue weighted by Gasteiger charge is -2.06. The minimum Gasteiger partial charge on any atom is -0.459 e. The van der Waals surface area contributed by atoms with Gasteiger partial charge in [-0.1, -0.05) is 12.1 Å². The number of ether oxygens (including phenoxy) is 1. The molecule has 1 rings (SSSR count). The van der Waals surface area contributed by atoms with Crippen LogP contribution in [-0.2, 0) is 9.53 Å². The summed E-state index contributed by atoms with van der Waals surface area (Å²) >= 11 is 0. The van der Waals surface area contributed by atoms with E-state index in [-0.39, 0.29) is 17.4 Å². The molecule has 0 N–H and O–H groups in total. The molecule has 1 aromatic carbocycles. The molecular formula is C14H14N2O4. The molecule has 0 fully saturated rings. The van der Waals surface area contributed by atoms with Gasteiger partial charge in [-0.2, -0.15) is 5.26 Å². The minimum atomic E-state index is -0.745. The second kappa shape index (κ2) is 6.48. The number of benzene rings is 1. The summed E-state index contributed by atoms with van der Waals surface area (Å²) in [5, 5.41) is 19.8. The molecule has 0 amide bonds. The molecule has 0 aliphatic carbocycles. The molecule has 6 nitrogen and oxygen atoms in total. The molecule has 1 aromatic rings. The largest absolute Gasteiger partial charge is 0.459 e. The van der Waals surface area contributed by atoms with Gasteiger partial charge in [-0.05, 0) is 32.4 Å². The first-order valence-corrected chi connectivity index (χ1v) is 5.93. The Morgan fingerprint density at radius 3 is 2.65 bits per heavy atom. The van der Waals surface area contributed by atoms with Crippen molar-refractivity contribution < 1.29 is 14.5 Å². The Hall–Kier alpha value is -2.68. The second-order valence-electron chi connectivity index (χ2n) is 4.43. The molecule has 0 aliphatic rings. The lowest BCUT2D eigenvalue weighted by molar-refractivity contribution is -0.385. The zero-order valence-electron chi connectivity index (χ0n) is 11.4. The number of nitro groups is 1. The summed E-state index contributed by atoms with van der Waals surface area (Å²) in [7, 11) is 0. The summed E-state index contributed by atoms with van der Waals surface area (Å²) in [5.41, 5.74) is 0.653. The van der Waals surface area contributed by atoms with Crippen LogP contribution < -0.4 is 0 Å². The summed E-state index contributed by atoms with van der Waals surface area (Å²) in [4.78, 5) is 22.0. The highest BCUT2D eigenvalue weighted by Crippen LogP contribution is 2.21. The van der Waals surface area contributed by atoms with E-state index in [0.717, 1.165) is 0 Å². The first-order chi connectivity index (χ1) is 9.35. The normalized spacial score (nSPS) is 11.1. The number of hydrogen-bond donors (Lipinski definition) is 0. The van der Waals surface area contributed by atoms with Crippen molar-refractivity contribution in [2.45, 2.75) is 26.9 Å². The van der Waals surface area contributed by atoms with Crippen LogP contribution in [0.25, 0.3) is 6.08 Å². The first-order valence-electron chi connectivity index (χ1n) is 5.93. The van der Waals surface area contributed by atoms with Gasteiger partial charge in [0.05, 0.1) is 11.0 Å². The van der Waals surface area contributed by atoms with Gasteiger partial charge in [0.25, 0.3) is 5.69 Å². The molecule has 0 spiro atoms. The highest BCUT2D eigenvalue weighted by Gasteiger charge is 2.14. The third kappa shape index (κ3) is 3.92. The number of esters is 1. The van der Waals surface area contributed by atoms with Crippen molar-refractivity contribution in [3.63, 3.8) is 0 Å². The first kappa shape index (κ1) is 15.4. The lowest BCUT2D eigenvalue weighted by atomic mass is 10.1. The number of carbonyl (C=O) groups excluding carboxylic acids is 1. The molecule has 6 heteroatoms. The quantitative estimate of drug-likeness (QED) is 0.276. The summed E-state index contributed by atoms with van der Waals surface area (Å²) in [6.07, 6.45) is 0.934. The maximum absolute atomic E-state index is 11.6. The van der Waals surface area contributed by atoms with Crippen LogP contribution in [-0.4, -0.2) is 17.0 Å². The van der Waals surface area contributed by atoms with E-state index in [1.54, 1.807) is 39.0 Å². The Kier molecular flexibility index (Phi) is 4.98. The zero-order chi connectivity index (χ0) is 15.3. The molecule has 0 unspecified atom stereocenters. The van der Waals surface area contributed by atoms with Gasteiger partial charge in [-0.15, -0.1) is 0 Å². The Balaban J connectivity index is 3.14. The molecule has 20 heavy (non-hydrogen) atoms. The van der Waals surface area contributed by atoms with Crippen LogP contribution in [0.4, 0.5) is 5.69 Å². The van der Waals surface area contributed by atoms with Crippen molar-refractivity contribution in [3.8, 4) is 6.07 Å². The summed E-state index contributed by atoms with van der Waals surface area (Å²) in [5.74, 6) is -0.745. The van der Waals surface area contributed by atoms with Gasteiger partial charge in [0.15, 0.2) is 0 Å². The topological polar surface area (TPSA) is 93.2 Å². The third-order valence-corrected chi connectivity index (χ3v) is 2.42. The van der Waals surface area contributed by atoms with E-state index < -0.39 is 10.9 Å². The van der Waals surface area contributed by atoms with Gasteiger partial charge in [-0.3, -0.25) is 10.1 Å². The highest BCUT2D eigenvalue weighted by molar-refractivity contribution is 5.98. The van der Waals surface area contributed by atoms with Gasteiger partial charge < -0.3 is 4.74 Å². The number of rotatable bonds is 4. The van der Waals surface area contributed by atoms with E-state index in [2.05, 4.69) is 0 Å². The number of nitrogens with zero attached hydrogens (tertiary/aromatic N) is 2. The molecule has 104 valence electrons. The molecule has 0 bridgehead atoms. The monoisotopic (exact) mass is 274 g/mol. The van der Waals surface area contributed by atoms with E-state index in [0.29, 0.717) is 11.1 Å². The third-order valence-electron chi connectivity index (χ3n) is 2.42. The second-order valence-corrected chi connectivity index (χ2v) is 4.43. The summed E-state index contributed by atoms with van der Waals surface area (Å²) < 4.78 is 4.91. The van der Waals surface area contributed by atoms with Gasteiger partial charge in [0, 0.05) is 11.6 Å². The van der Waals surface area contributed by atoms with Gasteiger partial charge in [-0.25, -0.2) is 4.79 Å². The smallest absolute Gasteiger partial charge is 0.349 e. The predicted molar refractivity (Wildman–Crippen MR) is 72.7 cm³/mol. The van der Waals surface area contributed by atoms with Crippen LogP contribution >= 0.6 is 0 Å². The van der Waals surface area contributed by atoms with Crippen LogP contribution in [0.15, 0.2) is 23.8 Å². The molecule has 0 saturated carbocycles. The number of carbonyl (C=O) groups is 1. The fraction of sp³-hybridized carbons (Fsp3) is 0.286.